The Balaban J connectivity index is 0.00000132. The van der Waals surface area contributed by atoms with E-state index >= 15 is 0 Å². The summed E-state index contributed by atoms with van der Waals surface area (Å²) in [5.41, 5.74) is 9.09. The Morgan fingerprint density at radius 2 is 1.87 bits per heavy atom. The number of hydrogen-bond donors (Lipinski definition) is 1. The molecule has 1 aliphatic rings. The largest absolute Gasteiger partial charge is 0.365 e. The number of nitro benzene ring substituents is 1. The summed E-state index contributed by atoms with van der Waals surface area (Å²) in [6.07, 6.45) is 0. The number of nitrogens with zero attached hydrogens (tertiary/aromatic N) is 2. The van der Waals surface area contributed by atoms with Crippen molar-refractivity contribution in [3.05, 3.63) is 68.7 Å². The first kappa shape index (κ1) is 19.5. The molecule has 3 rings (SSSR count). The van der Waals surface area contributed by atoms with E-state index in [9.17, 15) is 10.1 Å². The number of nitrogens with two attached hydrogens (primary N) is 1. The molecular weight excluding hydrogens is 361 g/mol. The van der Waals surface area contributed by atoms with E-state index in [1.807, 2.05) is 24.3 Å². The molecule has 0 bridgehead atoms. The first-order valence-electron chi connectivity index (χ1n) is 6.58. The second kappa shape index (κ2) is 7.84. The Morgan fingerprint density at radius 1 is 1.22 bits per heavy atom. The molecule has 1 heterocycles. The monoisotopic (exact) mass is 375 g/mol. The predicted octanol–water partition coefficient (Wildman–Crippen LogP) is 4.11. The number of hydrogen-bond acceptors (Lipinski definition) is 4. The third-order valence-electron chi connectivity index (χ3n) is 3.67. The Kier molecular flexibility index (Phi) is 6.65. The maximum Gasteiger partial charge on any atom is 0.269 e. The number of anilines is 1. The topological polar surface area (TPSA) is 72.4 Å². The van der Waals surface area contributed by atoms with Crippen LogP contribution >= 0.6 is 36.4 Å². The fourth-order valence-corrected chi connectivity index (χ4v) is 2.76. The van der Waals surface area contributed by atoms with Crippen LogP contribution in [0.1, 0.15) is 17.2 Å². The highest BCUT2D eigenvalue weighted by Crippen LogP contribution is 2.36. The van der Waals surface area contributed by atoms with Gasteiger partial charge in [0, 0.05) is 47.5 Å². The zero-order valence-corrected chi connectivity index (χ0v) is 14.4. The van der Waals surface area contributed by atoms with Gasteiger partial charge in [-0.25, -0.2) is 0 Å². The molecule has 1 aliphatic heterocycles. The van der Waals surface area contributed by atoms with Gasteiger partial charge in [0.05, 0.1) is 4.92 Å². The SMILES string of the molecule is Cl.Cl.NC1CN(Cc2ccc(Cl)cc2)c2ccc([N+](=O)[O-])cc21. The van der Waals surface area contributed by atoms with Crippen molar-refractivity contribution < 1.29 is 4.92 Å². The third kappa shape index (κ3) is 4.06. The fourth-order valence-electron chi connectivity index (χ4n) is 2.63. The van der Waals surface area contributed by atoms with Gasteiger partial charge in [-0.1, -0.05) is 23.7 Å². The number of halogens is 3. The van der Waals surface area contributed by atoms with E-state index in [1.165, 1.54) is 6.07 Å². The van der Waals surface area contributed by atoms with E-state index in [0.29, 0.717) is 18.1 Å². The number of fused-ring (bicyclic) bond motifs is 1. The van der Waals surface area contributed by atoms with Crippen LogP contribution in [0.25, 0.3) is 0 Å². The van der Waals surface area contributed by atoms with Crippen molar-refractivity contribution in [3.63, 3.8) is 0 Å². The lowest BCUT2D eigenvalue weighted by atomic mass is 10.1. The summed E-state index contributed by atoms with van der Waals surface area (Å²) < 4.78 is 0. The molecule has 1 atom stereocenters. The molecule has 0 saturated heterocycles. The van der Waals surface area contributed by atoms with Gasteiger partial charge >= 0.3 is 0 Å². The molecule has 5 nitrogen and oxygen atoms in total. The van der Waals surface area contributed by atoms with Gasteiger partial charge in [0.25, 0.3) is 5.69 Å². The van der Waals surface area contributed by atoms with Crippen molar-refractivity contribution in [2.45, 2.75) is 12.6 Å². The standard InChI is InChI=1S/C15H14ClN3O2.2ClH/c16-11-3-1-10(2-4-11)8-18-9-14(17)13-7-12(19(20)21)5-6-15(13)18;;/h1-7,14H,8-9,17H2;2*1H. The van der Waals surface area contributed by atoms with Crippen LogP contribution < -0.4 is 10.6 Å². The molecule has 0 radical (unpaired) electrons. The highest BCUT2D eigenvalue weighted by molar-refractivity contribution is 6.30. The van der Waals surface area contributed by atoms with E-state index in [4.69, 9.17) is 17.3 Å². The van der Waals surface area contributed by atoms with Crippen LogP contribution in [0, 0.1) is 10.1 Å². The average Bonchev–Trinajstić information content (AvgIpc) is 2.77. The minimum Gasteiger partial charge on any atom is -0.365 e. The van der Waals surface area contributed by atoms with Crippen molar-refractivity contribution >= 4 is 47.8 Å². The number of non-ortho nitro benzene ring substituents is 1. The van der Waals surface area contributed by atoms with Crippen LogP contribution in [0.3, 0.4) is 0 Å². The molecule has 0 aliphatic carbocycles. The number of nitro groups is 1. The van der Waals surface area contributed by atoms with Crippen LogP contribution in [0.15, 0.2) is 42.5 Å². The summed E-state index contributed by atoms with van der Waals surface area (Å²) in [5, 5.41) is 11.6. The van der Waals surface area contributed by atoms with Gasteiger partial charge in [0.2, 0.25) is 0 Å². The van der Waals surface area contributed by atoms with Crippen LogP contribution in [0.4, 0.5) is 11.4 Å². The smallest absolute Gasteiger partial charge is 0.269 e. The summed E-state index contributed by atoms with van der Waals surface area (Å²) >= 11 is 5.88. The van der Waals surface area contributed by atoms with E-state index < -0.39 is 4.92 Å². The van der Waals surface area contributed by atoms with Gasteiger partial charge in [0.15, 0.2) is 0 Å². The van der Waals surface area contributed by atoms with E-state index in [-0.39, 0.29) is 36.5 Å². The Morgan fingerprint density at radius 3 is 2.48 bits per heavy atom. The molecule has 23 heavy (non-hydrogen) atoms. The highest BCUT2D eigenvalue weighted by Gasteiger charge is 2.27. The molecule has 124 valence electrons. The molecule has 2 aromatic rings. The Hall–Kier alpha value is -1.53. The zero-order chi connectivity index (χ0) is 15.0. The normalized spacial score (nSPS) is 15.4. The van der Waals surface area contributed by atoms with Crippen molar-refractivity contribution in [1.82, 2.24) is 0 Å². The summed E-state index contributed by atoms with van der Waals surface area (Å²) in [4.78, 5) is 12.6. The number of rotatable bonds is 3. The van der Waals surface area contributed by atoms with Crippen LogP contribution in [0.2, 0.25) is 5.02 Å². The molecule has 8 heteroatoms. The van der Waals surface area contributed by atoms with Gasteiger partial charge < -0.3 is 10.6 Å². The second-order valence-corrected chi connectivity index (χ2v) is 5.55. The minimum absolute atomic E-state index is 0. The Labute approximate surface area is 151 Å². The maximum atomic E-state index is 10.9. The summed E-state index contributed by atoms with van der Waals surface area (Å²) in [6.45, 7) is 1.36. The summed E-state index contributed by atoms with van der Waals surface area (Å²) in [7, 11) is 0. The quantitative estimate of drug-likeness (QED) is 0.646. The zero-order valence-electron chi connectivity index (χ0n) is 12.0. The maximum absolute atomic E-state index is 10.9. The summed E-state index contributed by atoms with van der Waals surface area (Å²) in [5.74, 6) is 0. The van der Waals surface area contributed by atoms with E-state index in [0.717, 1.165) is 16.8 Å². The van der Waals surface area contributed by atoms with Gasteiger partial charge in [-0.3, -0.25) is 10.1 Å². The highest BCUT2D eigenvalue weighted by atomic mass is 35.5. The molecule has 2 N–H and O–H groups in total. The molecule has 0 amide bonds. The van der Waals surface area contributed by atoms with Crippen molar-refractivity contribution in [2.75, 3.05) is 11.4 Å². The van der Waals surface area contributed by atoms with Gasteiger partial charge in [-0.05, 0) is 23.8 Å². The van der Waals surface area contributed by atoms with E-state index in [1.54, 1.807) is 12.1 Å². The Bertz CT molecular complexity index is 695. The molecule has 0 fully saturated rings. The van der Waals surface area contributed by atoms with Crippen LogP contribution in [-0.2, 0) is 6.54 Å². The average molecular weight is 377 g/mol. The molecule has 1 unspecified atom stereocenters. The van der Waals surface area contributed by atoms with Crippen molar-refractivity contribution in [3.8, 4) is 0 Å². The molecular formula is C15H16Cl3N3O2. The van der Waals surface area contributed by atoms with Gasteiger partial charge in [0.1, 0.15) is 0 Å². The predicted molar refractivity (Wildman–Crippen MR) is 97.0 cm³/mol. The fraction of sp³-hybridized carbons (Fsp3) is 0.200. The number of benzene rings is 2. The van der Waals surface area contributed by atoms with E-state index in [2.05, 4.69) is 4.90 Å². The van der Waals surface area contributed by atoms with Crippen LogP contribution in [0.5, 0.6) is 0 Å². The first-order chi connectivity index (χ1) is 10.0. The summed E-state index contributed by atoms with van der Waals surface area (Å²) in [6, 6.07) is 12.3. The second-order valence-electron chi connectivity index (χ2n) is 5.11. The van der Waals surface area contributed by atoms with Gasteiger partial charge in [-0.15, -0.1) is 24.8 Å². The first-order valence-corrected chi connectivity index (χ1v) is 6.95. The molecule has 0 spiro atoms. The molecule has 0 saturated carbocycles. The lowest BCUT2D eigenvalue weighted by molar-refractivity contribution is -0.384. The van der Waals surface area contributed by atoms with Crippen LogP contribution in [-0.4, -0.2) is 11.5 Å². The van der Waals surface area contributed by atoms with Crippen molar-refractivity contribution in [2.24, 2.45) is 5.73 Å². The molecule has 0 aromatic heterocycles. The van der Waals surface area contributed by atoms with Gasteiger partial charge in [-0.2, -0.15) is 0 Å². The molecule has 2 aromatic carbocycles. The van der Waals surface area contributed by atoms with Crippen molar-refractivity contribution in [1.29, 1.82) is 0 Å². The lowest BCUT2D eigenvalue weighted by Gasteiger charge is -2.19. The third-order valence-corrected chi connectivity index (χ3v) is 3.92. The lowest BCUT2D eigenvalue weighted by Crippen LogP contribution is -2.23. The minimum atomic E-state index is -0.394.